The van der Waals surface area contributed by atoms with Crippen molar-refractivity contribution >= 4 is 17.7 Å². The third-order valence-corrected chi connectivity index (χ3v) is 5.40. The summed E-state index contributed by atoms with van der Waals surface area (Å²) >= 11 is 0. The summed E-state index contributed by atoms with van der Waals surface area (Å²) < 4.78 is 4.98. The third kappa shape index (κ3) is 3.38. The Labute approximate surface area is 177 Å². The number of hydrogen-bond donors (Lipinski definition) is 1. The minimum Gasteiger partial charge on any atom is -0.479 e. The lowest BCUT2D eigenvalue weighted by molar-refractivity contribution is -0.384. The second-order valence-corrected chi connectivity index (χ2v) is 7.04. The van der Waals surface area contributed by atoms with E-state index < -0.39 is 29.1 Å². The van der Waals surface area contributed by atoms with Crippen LogP contribution in [0, 0.1) is 10.1 Å². The molecule has 0 unspecified atom stereocenters. The molecule has 0 spiro atoms. The molecule has 1 aliphatic carbocycles. The first-order chi connectivity index (χ1) is 14.9. The number of aliphatic carboxylic acids is 1. The molecule has 1 aliphatic rings. The zero-order valence-electron chi connectivity index (χ0n) is 16.5. The van der Waals surface area contributed by atoms with Gasteiger partial charge in [0.1, 0.15) is 0 Å². The first-order valence-corrected chi connectivity index (χ1v) is 9.45. The molecule has 1 atom stereocenters. The van der Waals surface area contributed by atoms with Gasteiger partial charge in [0.25, 0.3) is 5.69 Å². The molecule has 3 aromatic rings. The second-order valence-electron chi connectivity index (χ2n) is 7.04. The van der Waals surface area contributed by atoms with Gasteiger partial charge < -0.3 is 9.84 Å². The summed E-state index contributed by atoms with van der Waals surface area (Å²) in [6, 6.07) is 18.0. The number of non-ortho nitro benzene ring substituents is 1. The molecule has 0 aliphatic heterocycles. The zero-order chi connectivity index (χ0) is 22.1. The van der Waals surface area contributed by atoms with Gasteiger partial charge in [-0.3, -0.25) is 15.0 Å². The lowest BCUT2D eigenvalue weighted by Gasteiger charge is -2.34. The van der Waals surface area contributed by atoms with E-state index in [0.717, 1.165) is 22.3 Å². The van der Waals surface area contributed by atoms with Crippen molar-refractivity contribution in [3.63, 3.8) is 0 Å². The number of ether oxygens (including phenoxy) is 1. The number of nitrogens with zero attached hydrogens (tertiary/aromatic N) is 2. The Morgan fingerprint density at radius 1 is 0.968 bits per heavy atom. The number of rotatable bonds is 5. The van der Waals surface area contributed by atoms with Crippen LogP contribution in [0.2, 0.25) is 0 Å². The average Bonchev–Trinajstić information content (AvgIpc) is 3.11. The maximum absolute atomic E-state index is 12.9. The molecule has 4 rings (SSSR count). The van der Waals surface area contributed by atoms with Crippen LogP contribution >= 0.6 is 0 Å². The lowest BCUT2D eigenvalue weighted by atomic mass is 9.98. The first kappa shape index (κ1) is 20.1. The molecule has 0 saturated heterocycles. The van der Waals surface area contributed by atoms with Crippen molar-refractivity contribution in [1.82, 2.24) is 4.90 Å². The monoisotopic (exact) mass is 418 g/mol. The zero-order valence-corrected chi connectivity index (χ0v) is 16.5. The topological polar surface area (TPSA) is 110 Å². The highest BCUT2D eigenvalue weighted by atomic mass is 16.6. The van der Waals surface area contributed by atoms with Crippen molar-refractivity contribution < 1.29 is 24.4 Å². The number of carbonyl (C=O) groups excluding carboxylic acids is 1. The molecular formula is C23H18N2O6. The number of amides is 1. The fourth-order valence-electron chi connectivity index (χ4n) is 4.09. The van der Waals surface area contributed by atoms with Gasteiger partial charge in [-0.15, -0.1) is 0 Å². The highest BCUT2D eigenvalue weighted by Crippen LogP contribution is 2.48. The molecule has 156 valence electrons. The number of carbonyl (C=O) groups is 2. The molecule has 31 heavy (non-hydrogen) atoms. The maximum Gasteiger partial charge on any atom is 0.411 e. The predicted molar refractivity (Wildman–Crippen MR) is 111 cm³/mol. The van der Waals surface area contributed by atoms with Crippen molar-refractivity contribution in [1.29, 1.82) is 0 Å². The first-order valence-electron chi connectivity index (χ1n) is 9.45. The minimum atomic E-state index is -1.42. The van der Waals surface area contributed by atoms with E-state index in [9.17, 15) is 24.8 Å². The van der Waals surface area contributed by atoms with E-state index in [1.807, 2.05) is 48.5 Å². The molecule has 0 radical (unpaired) electrons. The largest absolute Gasteiger partial charge is 0.479 e. The predicted octanol–water partition coefficient (Wildman–Crippen LogP) is 4.56. The van der Waals surface area contributed by atoms with Crippen LogP contribution < -0.4 is 0 Å². The molecule has 0 saturated carbocycles. The van der Waals surface area contributed by atoms with Gasteiger partial charge in [0, 0.05) is 12.1 Å². The van der Waals surface area contributed by atoms with Crippen LogP contribution in [0.15, 0.2) is 72.8 Å². The number of carboxylic acid groups (broad SMARTS) is 1. The molecule has 0 aromatic heterocycles. The van der Waals surface area contributed by atoms with Crippen LogP contribution in [-0.2, 0) is 9.53 Å². The molecule has 8 heteroatoms. The molecular weight excluding hydrogens is 400 g/mol. The van der Waals surface area contributed by atoms with Crippen LogP contribution in [0.5, 0.6) is 0 Å². The fraction of sp³-hybridized carbons (Fsp3) is 0.130. The minimum absolute atomic E-state index is 0.172. The Balaban J connectivity index is 1.90. The van der Waals surface area contributed by atoms with Crippen molar-refractivity contribution in [2.45, 2.75) is 12.1 Å². The van der Waals surface area contributed by atoms with Crippen molar-refractivity contribution in [2.24, 2.45) is 0 Å². The van der Waals surface area contributed by atoms with E-state index in [2.05, 4.69) is 0 Å². The third-order valence-electron chi connectivity index (χ3n) is 5.40. The summed E-state index contributed by atoms with van der Waals surface area (Å²) in [5.41, 5.74) is 3.43. The molecule has 0 heterocycles. The van der Waals surface area contributed by atoms with Crippen LogP contribution in [0.1, 0.15) is 28.8 Å². The van der Waals surface area contributed by atoms with E-state index in [4.69, 9.17) is 4.74 Å². The van der Waals surface area contributed by atoms with E-state index in [0.29, 0.717) is 0 Å². The van der Waals surface area contributed by atoms with Gasteiger partial charge >= 0.3 is 12.1 Å². The standard InChI is InChI=1S/C23H18N2O6/c1-31-23(28)24(20(22(26)27)14-10-12-15(13-11-14)25(29)30)21-18-8-4-2-6-16(18)17-7-3-5-9-19(17)21/h2-13,20-21H,1H3,(H,26,27)/t20-/m0/s1. The van der Waals surface area contributed by atoms with Gasteiger partial charge in [-0.2, -0.15) is 0 Å². The van der Waals surface area contributed by atoms with Crippen molar-refractivity contribution in [3.8, 4) is 11.1 Å². The van der Waals surface area contributed by atoms with E-state index in [1.54, 1.807) is 0 Å². The number of nitro groups is 1. The van der Waals surface area contributed by atoms with Gasteiger partial charge in [-0.05, 0) is 39.9 Å². The summed E-state index contributed by atoms with van der Waals surface area (Å²) in [7, 11) is 1.19. The van der Waals surface area contributed by atoms with Gasteiger partial charge in [-0.25, -0.2) is 9.59 Å². The number of methoxy groups -OCH3 is 1. The maximum atomic E-state index is 12.9. The average molecular weight is 418 g/mol. The lowest BCUT2D eigenvalue weighted by Crippen LogP contribution is -2.41. The summed E-state index contributed by atoms with van der Waals surface area (Å²) in [5.74, 6) is -1.28. The van der Waals surface area contributed by atoms with Gasteiger partial charge in [0.2, 0.25) is 0 Å². The highest BCUT2D eigenvalue weighted by Gasteiger charge is 2.43. The molecule has 3 aromatic carbocycles. The summed E-state index contributed by atoms with van der Waals surface area (Å²) in [6.45, 7) is 0. The molecule has 1 amide bonds. The summed E-state index contributed by atoms with van der Waals surface area (Å²) in [4.78, 5) is 36.9. The molecule has 8 nitrogen and oxygen atoms in total. The van der Waals surface area contributed by atoms with Gasteiger partial charge in [0.15, 0.2) is 6.04 Å². The summed E-state index contributed by atoms with van der Waals surface area (Å²) in [6.07, 6.45) is -0.817. The van der Waals surface area contributed by atoms with Crippen molar-refractivity contribution in [3.05, 3.63) is 99.6 Å². The molecule has 0 fully saturated rings. The Bertz CT molecular complexity index is 1130. The van der Waals surface area contributed by atoms with Crippen LogP contribution in [-0.4, -0.2) is 34.1 Å². The van der Waals surface area contributed by atoms with Crippen LogP contribution in [0.4, 0.5) is 10.5 Å². The normalized spacial score (nSPS) is 13.1. The van der Waals surface area contributed by atoms with E-state index in [-0.39, 0.29) is 11.3 Å². The number of hydrogen-bond acceptors (Lipinski definition) is 5. The Kier molecular flexibility index (Phi) is 5.12. The number of benzene rings is 3. The van der Waals surface area contributed by atoms with Crippen LogP contribution in [0.3, 0.4) is 0 Å². The number of nitro benzene ring substituents is 1. The number of fused-ring (bicyclic) bond motifs is 3. The molecule has 0 bridgehead atoms. The van der Waals surface area contributed by atoms with Crippen LogP contribution in [0.25, 0.3) is 11.1 Å². The van der Waals surface area contributed by atoms with E-state index >= 15 is 0 Å². The quantitative estimate of drug-likeness (QED) is 0.480. The number of carboxylic acids is 1. The Morgan fingerprint density at radius 3 is 1.94 bits per heavy atom. The SMILES string of the molecule is COC(=O)N(C1c2ccccc2-c2ccccc21)[C@H](C(=O)O)c1ccc([N+](=O)[O-])cc1. The summed E-state index contributed by atoms with van der Waals surface area (Å²) in [5, 5.41) is 21.1. The highest BCUT2D eigenvalue weighted by molar-refractivity contribution is 5.85. The second kappa shape index (κ2) is 7.91. The Hall–Kier alpha value is -4.20. The Morgan fingerprint density at radius 2 is 1.48 bits per heavy atom. The van der Waals surface area contributed by atoms with Gasteiger partial charge in [0.05, 0.1) is 18.1 Å². The molecule has 1 N–H and O–H groups in total. The van der Waals surface area contributed by atoms with Crippen molar-refractivity contribution in [2.75, 3.05) is 7.11 Å². The smallest absolute Gasteiger partial charge is 0.411 e. The van der Waals surface area contributed by atoms with Gasteiger partial charge in [-0.1, -0.05) is 48.5 Å². The fourth-order valence-corrected chi connectivity index (χ4v) is 4.09. The van der Waals surface area contributed by atoms with E-state index in [1.165, 1.54) is 36.3 Å².